The average Bonchev–Trinajstić information content (AvgIpc) is 2.80. The number of nitro benzene ring substituents is 1. The Labute approximate surface area is 184 Å². The Hall–Kier alpha value is -4.52. The summed E-state index contributed by atoms with van der Waals surface area (Å²) in [5, 5.41) is 35.2. The van der Waals surface area contributed by atoms with Crippen LogP contribution in [0.15, 0.2) is 95.7 Å². The van der Waals surface area contributed by atoms with Gasteiger partial charge in [0.2, 0.25) is 0 Å². The number of nitrogens with zero attached hydrogens (tertiary/aromatic N) is 3. The van der Waals surface area contributed by atoms with Gasteiger partial charge >= 0.3 is 0 Å². The molecule has 0 aromatic heterocycles. The summed E-state index contributed by atoms with van der Waals surface area (Å²) < 4.78 is 0. The van der Waals surface area contributed by atoms with E-state index >= 15 is 0 Å². The van der Waals surface area contributed by atoms with Crippen molar-refractivity contribution in [2.24, 2.45) is 10.2 Å². The first kappa shape index (κ1) is 20.7. The summed E-state index contributed by atoms with van der Waals surface area (Å²) in [6, 6.07) is 22.9. The maximum absolute atomic E-state index is 11.1. The van der Waals surface area contributed by atoms with Crippen molar-refractivity contribution in [1.29, 1.82) is 0 Å². The molecule has 0 spiro atoms. The topological polar surface area (TPSA) is 100 Å². The van der Waals surface area contributed by atoms with Gasteiger partial charge in [0.1, 0.15) is 5.69 Å². The smallest absolute Gasteiger partial charge is 0.269 e. The summed E-state index contributed by atoms with van der Waals surface area (Å²) in [5.41, 5.74) is 3.66. The molecule has 0 aliphatic rings. The molecule has 32 heavy (non-hydrogen) atoms. The summed E-state index contributed by atoms with van der Waals surface area (Å²) in [6.07, 6.45) is 0. The van der Waals surface area contributed by atoms with Crippen LogP contribution in [0.4, 0.5) is 22.7 Å². The van der Waals surface area contributed by atoms with Crippen molar-refractivity contribution in [3.63, 3.8) is 0 Å². The third-order valence-corrected chi connectivity index (χ3v) is 5.08. The van der Waals surface area contributed by atoms with Crippen LogP contribution < -0.4 is 5.32 Å². The van der Waals surface area contributed by atoms with Crippen LogP contribution in [0.5, 0.6) is 5.75 Å². The van der Waals surface area contributed by atoms with Gasteiger partial charge in [-0.1, -0.05) is 49.0 Å². The normalized spacial score (nSPS) is 11.0. The van der Waals surface area contributed by atoms with E-state index in [0.29, 0.717) is 22.6 Å². The minimum absolute atomic E-state index is 0.0298. The number of hydrogen-bond acceptors (Lipinski definition) is 6. The zero-order valence-corrected chi connectivity index (χ0v) is 17.3. The molecular weight excluding hydrogens is 404 g/mol. The summed E-state index contributed by atoms with van der Waals surface area (Å²) in [7, 11) is 0. The van der Waals surface area contributed by atoms with Crippen molar-refractivity contribution in [1.82, 2.24) is 0 Å². The fourth-order valence-corrected chi connectivity index (χ4v) is 3.34. The molecule has 0 aliphatic carbocycles. The van der Waals surface area contributed by atoms with Gasteiger partial charge in [0.25, 0.3) is 5.69 Å². The van der Waals surface area contributed by atoms with Crippen LogP contribution in [0.2, 0.25) is 0 Å². The number of para-hydroxylation sites is 1. The monoisotopic (exact) mass is 424 g/mol. The molecular formula is C25H20N4O3. The number of rotatable bonds is 6. The lowest BCUT2D eigenvalue weighted by Crippen LogP contribution is -1.99. The van der Waals surface area contributed by atoms with E-state index in [2.05, 4.69) is 22.1 Å². The van der Waals surface area contributed by atoms with Gasteiger partial charge in [-0.25, -0.2) is 0 Å². The number of nitro groups is 1. The van der Waals surface area contributed by atoms with Crippen LogP contribution in [0.25, 0.3) is 16.5 Å². The molecule has 7 heteroatoms. The van der Waals surface area contributed by atoms with Gasteiger partial charge in [-0.05, 0) is 42.1 Å². The second-order valence-corrected chi connectivity index (χ2v) is 7.23. The van der Waals surface area contributed by atoms with E-state index in [1.165, 1.54) is 24.3 Å². The van der Waals surface area contributed by atoms with Crippen molar-refractivity contribution in [3.8, 4) is 5.75 Å². The van der Waals surface area contributed by atoms with Crippen molar-refractivity contribution >= 4 is 39.2 Å². The Morgan fingerprint density at radius 1 is 1.00 bits per heavy atom. The summed E-state index contributed by atoms with van der Waals surface area (Å²) in [4.78, 5) is 10.4. The van der Waals surface area contributed by atoms with E-state index < -0.39 is 4.92 Å². The molecule has 0 radical (unpaired) electrons. The zero-order chi connectivity index (χ0) is 22.7. The number of azo groups is 1. The highest BCUT2D eigenvalue weighted by atomic mass is 16.6. The lowest BCUT2D eigenvalue weighted by molar-refractivity contribution is -0.384. The Kier molecular flexibility index (Phi) is 5.63. The Balaban J connectivity index is 1.75. The van der Waals surface area contributed by atoms with Gasteiger partial charge in [0, 0.05) is 34.5 Å². The van der Waals surface area contributed by atoms with Crippen LogP contribution in [-0.2, 0) is 0 Å². The summed E-state index contributed by atoms with van der Waals surface area (Å²) in [6.45, 7) is 6.09. The Morgan fingerprint density at radius 3 is 2.41 bits per heavy atom. The van der Waals surface area contributed by atoms with E-state index in [-0.39, 0.29) is 11.4 Å². The van der Waals surface area contributed by atoms with Gasteiger partial charge in [-0.15, -0.1) is 5.11 Å². The number of non-ortho nitro benzene ring substituents is 1. The van der Waals surface area contributed by atoms with Gasteiger partial charge in [0.05, 0.1) is 10.6 Å². The van der Waals surface area contributed by atoms with Crippen molar-refractivity contribution < 1.29 is 10.0 Å². The SMILES string of the molecule is C=C(Nc1ccccc1C)c1cc2ccccc2c(N=Nc2ccc([N+](=O)[O-])cc2)c1O. The van der Waals surface area contributed by atoms with Crippen molar-refractivity contribution in [3.05, 3.63) is 107 Å². The molecule has 4 rings (SSSR count). The molecule has 7 nitrogen and oxygen atoms in total. The molecule has 4 aromatic carbocycles. The summed E-state index contributed by atoms with van der Waals surface area (Å²) >= 11 is 0. The van der Waals surface area contributed by atoms with Crippen LogP contribution in [0, 0.1) is 17.0 Å². The number of benzene rings is 4. The van der Waals surface area contributed by atoms with E-state index in [9.17, 15) is 15.2 Å². The molecule has 0 unspecified atom stereocenters. The quantitative estimate of drug-likeness (QED) is 0.193. The van der Waals surface area contributed by atoms with Crippen LogP contribution in [0.1, 0.15) is 11.1 Å². The van der Waals surface area contributed by atoms with Gasteiger partial charge in [-0.3, -0.25) is 10.1 Å². The predicted molar refractivity (Wildman–Crippen MR) is 127 cm³/mol. The van der Waals surface area contributed by atoms with Crippen LogP contribution in [-0.4, -0.2) is 10.0 Å². The number of hydrogen-bond donors (Lipinski definition) is 2. The highest BCUT2D eigenvalue weighted by Crippen LogP contribution is 2.42. The number of phenolic OH excluding ortho intramolecular Hbond substituents is 1. The third-order valence-electron chi connectivity index (χ3n) is 5.08. The number of phenols is 1. The maximum Gasteiger partial charge on any atom is 0.269 e. The number of aromatic hydroxyl groups is 1. The molecule has 0 heterocycles. The number of fused-ring (bicyclic) bond motifs is 1. The van der Waals surface area contributed by atoms with E-state index in [0.717, 1.165) is 22.0 Å². The first-order chi connectivity index (χ1) is 15.4. The largest absolute Gasteiger partial charge is 0.505 e. The molecule has 158 valence electrons. The van der Waals surface area contributed by atoms with Crippen molar-refractivity contribution in [2.75, 3.05) is 5.32 Å². The predicted octanol–water partition coefficient (Wildman–Crippen LogP) is 7.26. The fourth-order valence-electron chi connectivity index (χ4n) is 3.34. The molecule has 0 bridgehead atoms. The fraction of sp³-hybridized carbons (Fsp3) is 0.0400. The molecule has 2 N–H and O–H groups in total. The minimum Gasteiger partial charge on any atom is -0.505 e. The molecule has 0 atom stereocenters. The van der Waals surface area contributed by atoms with Crippen molar-refractivity contribution in [2.45, 2.75) is 6.92 Å². The minimum atomic E-state index is -0.475. The molecule has 4 aromatic rings. The Morgan fingerprint density at radius 2 is 1.69 bits per heavy atom. The number of nitrogens with one attached hydrogen (secondary N) is 1. The first-order valence-electron chi connectivity index (χ1n) is 9.87. The Bertz CT molecular complexity index is 1360. The third kappa shape index (κ3) is 4.17. The lowest BCUT2D eigenvalue weighted by Gasteiger charge is -2.15. The van der Waals surface area contributed by atoms with Crippen LogP contribution in [0.3, 0.4) is 0 Å². The highest BCUT2D eigenvalue weighted by Gasteiger charge is 2.15. The maximum atomic E-state index is 11.1. The summed E-state index contributed by atoms with van der Waals surface area (Å²) in [5.74, 6) is -0.0551. The molecule has 0 aliphatic heterocycles. The molecule has 0 fully saturated rings. The van der Waals surface area contributed by atoms with Gasteiger partial charge in [0.15, 0.2) is 5.75 Å². The number of aryl methyl sites for hydroxylation is 1. The molecule has 0 amide bonds. The molecule has 0 saturated carbocycles. The molecule has 0 saturated heterocycles. The standard InChI is InChI=1S/C25H20N4O3/c1-16-7-3-6-10-23(16)26-17(2)22-15-18-8-4-5-9-21(18)24(25(22)30)28-27-19-11-13-20(14-12-19)29(31)32/h3-15,26,30H,2H2,1H3. The second kappa shape index (κ2) is 8.69. The first-order valence-corrected chi connectivity index (χ1v) is 9.87. The highest BCUT2D eigenvalue weighted by molar-refractivity contribution is 6.00. The zero-order valence-electron chi connectivity index (χ0n) is 17.3. The van der Waals surface area contributed by atoms with Crippen LogP contribution >= 0.6 is 0 Å². The lowest BCUT2D eigenvalue weighted by atomic mass is 10.0. The number of anilines is 1. The second-order valence-electron chi connectivity index (χ2n) is 7.23. The van der Waals surface area contributed by atoms with Gasteiger partial charge < -0.3 is 10.4 Å². The van der Waals surface area contributed by atoms with E-state index in [1.807, 2.05) is 61.5 Å². The van der Waals surface area contributed by atoms with Gasteiger partial charge in [-0.2, -0.15) is 5.11 Å². The average molecular weight is 424 g/mol. The van der Waals surface area contributed by atoms with E-state index in [1.54, 1.807) is 0 Å². The van der Waals surface area contributed by atoms with E-state index in [4.69, 9.17) is 0 Å².